The second kappa shape index (κ2) is 14.2. The molecule has 0 aliphatic heterocycles. The smallest absolute Gasteiger partial charge is 0.244 e. The van der Waals surface area contributed by atoms with Crippen LogP contribution in [0.4, 0.5) is 5.69 Å². The van der Waals surface area contributed by atoms with E-state index in [1.807, 2.05) is 60.7 Å². The summed E-state index contributed by atoms with van der Waals surface area (Å²) >= 11 is 0. The third-order valence-electron chi connectivity index (χ3n) is 7.50. The normalized spacial score (nSPS) is 14.2. The molecule has 10 heteroatoms. The lowest BCUT2D eigenvalue weighted by atomic mass is 10.0. The standard InChI is InChI=1S/C32H39N3O6S/c1-40-29-19-18-27(21-30(29)41-2)35(42(3,38)39)23-31(36)34(22-25-14-8-5-9-15-25)28(20-24-12-6-4-7-13-24)32(37)33-26-16-10-11-17-26/h4-9,12-15,18-19,21,26,28H,10-11,16-17,20,22-23H2,1-3H3,(H,33,37)/t28-/m0/s1. The molecule has 3 aromatic carbocycles. The van der Waals surface area contributed by atoms with Crippen LogP contribution < -0.4 is 19.1 Å². The Morgan fingerprint density at radius 3 is 2.05 bits per heavy atom. The fourth-order valence-corrected chi connectivity index (χ4v) is 6.14. The van der Waals surface area contributed by atoms with E-state index in [0.717, 1.165) is 47.4 Å². The molecule has 0 saturated heterocycles. The Kier molecular flexibility index (Phi) is 10.5. The van der Waals surface area contributed by atoms with Crippen LogP contribution in [0.25, 0.3) is 0 Å². The molecular formula is C32H39N3O6S. The largest absolute Gasteiger partial charge is 0.493 e. The maximum atomic E-state index is 14.2. The van der Waals surface area contributed by atoms with Gasteiger partial charge in [-0.15, -0.1) is 0 Å². The molecule has 0 unspecified atom stereocenters. The predicted octanol–water partition coefficient (Wildman–Crippen LogP) is 4.17. The van der Waals surface area contributed by atoms with Crippen LogP contribution in [0.15, 0.2) is 78.9 Å². The summed E-state index contributed by atoms with van der Waals surface area (Å²) in [5.74, 6) is 0.0157. The summed E-state index contributed by atoms with van der Waals surface area (Å²) < 4.78 is 37.8. The lowest BCUT2D eigenvalue weighted by Crippen LogP contribution is -2.54. The van der Waals surface area contributed by atoms with Crippen LogP contribution in [-0.2, 0) is 32.6 Å². The van der Waals surface area contributed by atoms with E-state index >= 15 is 0 Å². The van der Waals surface area contributed by atoms with Gasteiger partial charge in [-0.05, 0) is 36.1 Å². The summed E-state index contributed by atoms with van der Waals surface area (Å²) in [5, 5.41) is 3.17. The Morgan fingerprint density at radius 1 is 0.881 bits per heavy atom. The van der Waals surface area contributed by atoms with E-state index in [1.54, 1.807) is 12.1 Å². The first-order valence-corrected chi connectivity index (χ1v) is 15.9. The summed E-state index contributed by atoms with van der Waals surface area (Å²) in [6.45, 7) is -0.359. The zero-order valence-corrected chi connectivity index (χ0v) is 25.2. The van der Waals surface area contributed by atoms with Crippen molar-refractivity contribution < 1.29 is 27.5 Å². The van der Waals surface area contributed by atoms with Crippen molar-refractivity contribution in [1.29, 1.82) is 0 Å². The molecule has 1 fully saturated rings. The van der Waals surface area contributed by atoms with Crippen molar-refractivity contribution in [2.45, 2.75) is 50.7 Å². The first-order chi connectivity index (χ1) is 20.2. The highest BCUT2D eigenvalue weighted by Crippen LogP contribution is 2.32. The monoisotopic (exact) mass is 593 g/mol. The number of carbonyl (C=O) groups is 2. The zero-order valence-electron chi connectivity index (χ0n) is 24.4. The molecule has 3 aromatic rings. The fraction of sp³-hybridized carbons (Fsp3) is 0.375. The van der Waals surface area contributed by atoms with Gasteiger partial charge in [0.2, 0.25) is 21.8 Å². The Labute approximate surface area is 248 Å². The number of ether oxygens (including phenoxy) is 2. The van der Waals surface area contributed by atoms with Gasteiger partial charge in [0.1, 0.15) is 12.6 Å². The molecule has 0 heterocycles. The number of sulfonamides is 1. The molecule has 42 heavy (non-hydrogen) atoms. The van der Waals surface area contributed by atoms with Crippen molar-refractivity contribution in [2.24, 2.45) is 0 Å². The number of methoxy groups -OCH3 is 2. The number of anilines is 1. The highest BCUT2D eigenvalue weighted by molar-refractivity contribution is 7.92. The minimum Gasteiger partial charge on any atom is -0.493 e. The quantitative estimate of drug-likeness (QED) is 0.319. The molecule has 0 aromatic heterocycles. The number of amides is 2. The van der Waals surface area contributed by atoms with E-state index in [0.29, 0.717) is 11.5 Å². The summed E-state index contributed by atoms with van der Waals surface area (Å²) in [5.41, 5.74) is 1.97. The number of hydrogen-bond donors (Lipinski definition) is 1. The predicted molar refractivity (Wildman–Crippen MR) is 163 cm³/mol. The van der Waals surface area contributed by atoms with Gasteiger partial charge in [-0.2, -0.15) is 0 Å². The lowest BCUT2D eigenvalue weighted by Gasteiger charge is -2.34. The molecule has 9 nitrogen and oxygen atoms in total. The molecule has 1 atom stereocenters. The van der Waals surface area contributed by atoms with Gasteiger partial charge in [0, 0.05) is 25.1 Å². The van der Waals surface area contributed by atoms with Crippen LogP contribution in [0.5, 0.6) is 11.5 Å². The zero-order chi connectivity index (χ0) is 30.1. The van der Waals surface area contributed by atoms with E-state index in [-0.39, 0.29) is 30.6 Å². The molecule has 1 saturated carbocycles. The maximum absolute atomic E-state index is 14.2. The summed E-state index contributed by atoms with van der Waals surface area (Å²) in [7, 11) is -0.957. The van der Waals surface area contributed by atoms with Gasteiger partial charge in [-0.3, -0.25) is 13.9 Å². The van der Waals surface area contributed by atoms with Gasteiger partial charge >= 0.3 is 0 Å². The molecule has 0 bridgehead atoms. The number of nitrogens with one attached hydrogen (secondary N) is 1. The number of benzene rings is 3. The molecule has 224 valence electrons. The average Bonchev–Trinajstić information content (AvgIpc) is 3.50. The Hall–Kier alpha value is -4.05. The van der Waals surface area contributed by atoms with Gasteiger partial charge in [-0.25, -0.2) is 8.42 Å². The first kappa shape index (κ1) is 30.9. The summed E-state index contributed by atoms with van der Waals surface area (Å²) in [6, 6.07) is 22.8. The topological polar surface area (TPSA) is 105 Å². The van der Waals surface area contributed by atoms with Gasteiger partial charge in [0.15, 0.2) is 11.5 Å². The van der Waals surface area contributed by atoms with Gasteiger partial charge in [-0.1, -0.05) is 73.5 Å². The Morgan fingerprint density at radius 2 is 1.48 bits per heavy atom. The Bertz CT molecular complexity index is 1440. The minimum atomic E-state index is -3.90. The number of carbonyl (C=O) groups excluding carboxylic acids is 2. The fourth-order valence-electron chi connectivity index (χ4n) is 5.30. The molecular weight excluding hydrogens is 554 g/mol. The van der Waals surface area contributed by atoms with Crippen molar-refractivity contribution in [3.05, 3.63) is 90.0 Å². The van der Waals surface area contributed by atoms with Crippen molar-refractivity contribution in [3.63, 3.8) is 0 Å². The average molecular weight is 594 g/mol. The van der Waals surface area contributed by atoms with Gasteiger partial charge < -0.3 is 19.7 Å². The van der Waals surface area contributed by atoms with E-state index in [4.69, 9.17) is 9.47 Å². The van der Waals surface area contributed by atoms with Crippen LogP contribution >= 0.6 is 0 Å². The molecule has 0 radical (unpaired) electrons. The van der Waals surface area contributed by atoms with Crippen LogP contribution in [0.1, 0.15) is 36.8 Å². The van der Waals surface area contributed by atoms with Crippen LogP contribution in [0.3, 0.4) is 0 Å². The Balaban J connectivity index is 1.72. The molecule has 1 aliphatic carbocycles. The van der Waals surface area contributed by atoms with E-state index in [9.17, 15) is 18.0 Å². The van der Waals surface area contributed by atoms with Crippen molar-refractivity contribution in [3.8, 4) is 11.5 Å². The third kappa shape index (κ3) is 8.03. The van der Waals surface area contributed by atoms with Crippen molar-refractivity contribution >= 4 is 27.5 Å². The summed E-state index contributed by atoms with van der Waals surface area (Å²) in [4.78, 5) is 29.6. The molecule has 4 rings (SSSR count). The maximum Gasteiger partial charge on any atom is 0.244 e. The SMILES string of the molecule is COc1ccc(N(CC(=O)N(Cc2ccccc2)[C@@H](Cc2ccccc2)C(=O)NC2CCCC2)S(C)(=O)=O)cc1OC. The molecule has 0 spiro atoms. The molecule has 1 N–H and O–H groups in total. The van der Waals surface area contributed by atoms with Crippen LogP contribution in [-0.4, -0.2) is 64.2 Å². The van der Waals surface area contributed by atoms with Crippen molar-refractivity contribution in [2.75, 3.05) is 31.3 Å². The number of nitrogens with zero attached hydrogens (tertiary/aromatic N) is 2. The van der Waals surface area contributed by atoms with Crippen LogP contribution in [0.2, 0.25) is 0 Å². The van der Waals surface area contributed by atoms with Gasteiger partial charge in [0.25, 0.3) is 0 Å². The highest BCUT2D eigenvalue weighted by atomic mass is 32.2. The van der Waals surface area contributed by atoms with E-state index in [2.05, 4.69) is 5.32 Å². The lowest BCUT2D eigenvalue weighted by molar-refractivity contribution is -0.140. The number of hydrogen-bond acceptors (Lipinski definition) is 6. The van der Waals surface area contributed by atoms with Crippen molar-refractivity contribution in [1.82, 2.24) is 10.2 Å². The van der Waals surface area contributed by atoms with Crippen LogP contribution in [0, 0.1) is 0 Å². The molecule has 2 amide bonds. The highest BCUT2D eigenvalue weighted by Gasteiger charge is 2.34. The molecule has 1 aliphatic rings. The summed E-state index contributed by atoms with van der Waals surface area (Å²) in [6.07, 6.45) is 5.24. The third-order valence-corrected chi connectivity index (χ3v) is 8.64. The second-order valence-corrected chi connectivity index (χ2v) is 12.4. The minimum absolute atomic E-state index is 0.0590. The van der Waals surface area contributed by atoms with Gasteiger partial charge in [0.05, 0.1) is 26.2 Å². The number of rotatable bonds is 13. The first-order valence-electron chi connectivity index (χ1n) is 14.1. The second-order valence-electron chi connectivity index (χ2n) is 10.5. The van der Waals surface area contributed by atoms with E-state index < -0.39 is 28.5 Å². The van der Waals surface area contributed by atoms with E-state index in [1.165, 1.54) is 25.2 Å².